The van der Waals surface area contributed by atoms with E-state index in [4.69, 9.17) is 14.7 Å². The molecule has 0 saturated carbocycles. The number of ether oxygens (including phenoxy) is 2. The van der Waals surface area contributed by atoms with Crippen molar-refractivity contribution >= 4 is 15.7 Å². The standard InChI is InChI=1S/C20H22N2O5S/c1-14(18-10-17(26-2)8-9-19(18)27-3)22-20(23)13-28(24,25)12-16-6-4-15(11-21)5-7-16/h4-10,14H,12-13H2,1-3H3,(H,22,23)/t14-/m1/s1. The van der Waals surface area contributed by atoms with Gasteiger partial charge in [-0.25, -0.2) is 8.42 Å². The lowest BCUT2D eigenvalue weighted by molar-refractivity contribution is -0.119. The molecule has 28 heavy (non-hydrogen) atoms. The van der Waals surface area contributed by atoms with Crippen LogP contribution in [0.1, 0.15) is 29.7 Å². The smallest absolute Gasteiger partial charge is 0.235 e. The van der Waals surface area contributed by atoms with Crippen molar-refractivity contribution in [3.63, 3.8) is 0 Å². The average Bonchev–Trinajstić information content (AvgIpc) is 2.67. The number of carbonyl (C=O) groups excluding carboxylic acids is 1. The van der Waals surface area contributed by atoms with Crippen LogP contribution in [-0.4, -0.2) is 34.3 Å². The fourth-order valence-electron chi connectivity index (χ4n) is 2.72. The quantitative estimate of drug-likeness (QED) is 0.727. The van der Waals surface area contributed by atoms with Crippen molar-refractivity contribution in [3.05, 3.63) is 59.2 Å². The summed E-state index contributed by atoms with van der Waals surface area (Å²) in [4.78, 5) is 12.3. The van der Waals surface area contributed by atoms with Crippen LogP contribution in [0.2, 0.25) is 0 Å². The molecular formula is C20H22N2O5S. The molecule has 2 rings (SSSR count). The molecule has 0 saturated heterocycles. The van der Waals surface area contributed by atoms with Crippen LogP contribution in [0.15, 0.2) is 42.5 Å². The molecule has 148 valence electrons. The minimum absolute atomic E-state index is 0.275. The monoisotopic (exact) mass is 402 g/mol. The number of benzene rings is 2. The third-order valence-electron chi connectivity index (χ3n) is 4.10. The Morgan fingerprint density at radius 3 is 2.39 bits per heavy atom. The number of hydrogen-bond donors (Lipinski definition) is 1. The van der Waals surface area contributed by atoms with E-state index in [0.717, 1.165) is 0 Å². The van der Waals surface area contributed by atoms with E-state index in [1.807, 2.05) is 6.07 Å². The summed E-state index contributed by atoms with van der Waals surface area (Å²) in [5.74, 6) is -0.350. The van der Waals surface area contributed by atoms with E-state index in [-0.39, 0.29) is 5.75 Å². The Morgan fingerprint density at radius 2 is 1.82 bits per heavy atom. The Morgan fingerprint density at radius 1 is 1.14 bits per heavy atom. The van der Waals surface area contributed by atoms with E-state index in [9.17, 15) is 13.2 Å². The number of carbonyl (C=O) groups is 1. The van der Waals surface area contributed by atoms with Crippen molar-refractivity contribution < 1.29 is 22.7 Å². The SMILES string of the molecule is COc1ccc(OC)c([C@@H](C)NC(=O)CS(=O)(=O)Cc2ccc(C#N)cc2)c1. The first-order chi connectivity index (χ1) is 13.3. The van der Waals surface area contributed by atoms with Crippen LogP contribution in [0.3, 0.4) is 0 Å². The first kappa shape index (κ1) is 21.3. The zero-order chi connectivity index (χ0) is 20.7. The van der Waals surface area contributed by atoms with Crippen LogP contribution in [0.25, 0.3) is 0 Å². The predicted octanol–water partition coefficient (Wildman–Crippen LogP) is 2.37. The van der Waals surface area contributed by atoms with E-state index in [0.29, 0.717) is 28.2 Å². The number of nitrogens with zero attached hydrogens (tertiary/aromatic N) is 1. The number of sulfone groups is 1. The highest BCUT2D eigenvalue weighted by molar-refractivity contribution is 7.91. The van der Waals surface area contributed by atoms with E-state index >= 15 is 0 Å². The summed E-state index contributed by atoms with van der Waals surface area (Å²) < 4.78 is 35.2. The minimum Gasteiger partial charge on any atom is -0.497 e. The van der Waals surface area contributed by atoms with Crippen molar-refractivity contribution in [2.45, 2.75) is 18.7 Å². The number of hydrogen-bond acceptors (Lipinski definition) is 6. The highest BCUT2D eigenvalue weighted by Crippen LogP contribution is 2.29. The molecule has 1 amide bonds. The molecule has 1 N–H and O–H groups in total. The van der Waals surface area contributed by atoms with Gasteiger partial charge in [-0.1, -0.05) is 12.1 Å². The zero-order valence-electron chi connectivity index (χ0n) is 15.9. The lowest BCUT2D eigenvalue weighted by Gasteiger charge is -2.18. The van der Waals surface area contributed by atoms with Crippen LogP contribution in [0.4, 0.5) is 0 Å². The van der Waals surface area contributed by atoms with Gasteiger partial charge < -0.3 is 14.8 Å². The number of methoxy groups -OCH3 is 2. The zero-order valence-corrected chi connectivity index (χ0v) is 16.7. The normalized spacial score (nSPS) is 11.9. The van der Waals surface area contributed by atoms with E-state index < -0.39 is 27.5 Å². The van der Waals surface area contributed by atoms with Crippen LogP contribution in [0.5, 0.6) is 11.5 Å². The first-order valence-corrected chi connectivity index (χ1v) is 10.3. The van der Waals surface area contributed by atoms with E-state index in [1.54, 1.807) is 49.4 Å². The van der Waals surface area contributed by atoms with Gasteiger partial charge in [0.05, 0.1) is 37.6 Å². The topological polar surface area (TPSA) is 105 Å². The molecule has 0 aliphatic heterocycles. The van der Waals surface area contributed by atoms with Gasteiger partial charge in [-0.3, -0.25) is 4.79 Å². The first-order valence-electron chi connectivity index (χ1n) is 8.48. The van der Waals surface area contributed by atoms with Crippen LogP contribution >= 0.6 is 0 Å². The van der Waals surface area contributed by atoms with Crippen molar-refractivity contribution in [1.82, 2.24) is 5.32 Å². The molecule has 0 fully saturated rings. The Labute approximate surface area is 164 Å². The number of amides is 1. The van der Waals surface area contributed by atoms with E-state index in [2.05, 4.69) is 5.32 Å². The molecular weight excluding hydrogens is 380 g/mol. The second kappa shape index (κ2) is 9.24. The summed E-state index contributed by atoms with van der Waals surface area (Å²) in [7, 11) is -0.613. The molecule has 0 aromatic heterocycles. The molecule has 0 aliphatic carbocycles. The fraction of sp³-hybridized carbons (Fsp3) is 0.300. The molecule has 0 heterocycles. The predicted molar refractivity (Wildman–Crippen MR) is 105 cm³/mol. The van der Waals surface area contributed by atoms with Crippen LogP contribution in [-0.2, 0) is 20.4 Å². The van der Waals surface area contributed by atoms with Gasteiger partial charge in [-0.05, 0) is 42.8 Å². The molecule has 0 bridgehead atoms. The lowest BCUT2D eigenvalue weighted by atomic mass is 10.1. The molecule has 7 nitrogen and oxygen atoms in total. The van der Waals surface area contributed by atoms with Crippen molar-refractivity contribution in [2.24, 2.45) is 0 Å². The highest BCUT2D eigenvalue weighted by atomic mass is 32.2. The molecule has 0 unspecified atom stereocenters. The molecule has 0 radical (unpaired) electrons. The van der Waals surface area contributed by atoms with Crippen molar-refractivity contribution in [2.75, 3.05) is 20.0 Å². The largest absolute Gasteiger partial charge is 0.497 e. The van der Waals surface area contributed by atoms with Gasteiger partial charge in [0.1, 0.15) is 17.3 Å². The summed E-state index contributed by atoms with van der Waals surface area (Å²) in [5, 5.41) is 11.5. The molecule has 2 aromatic rings. The average molecular weight is 402 g/mol. The maximum Gasteiger partial charge on any atom is 0.235 e. The minimum atomic E-state index is -3.66. The molecule has 0 spiro atoms. The maximum absolute atomic E-state index is 12.3. The summed E-state index contributed by atoms with van der Waals surface area (Å²) in [6.07, 6.45) is 0. The van der Waals surface area contributed by atoms with Gasteiger partial charge in [0, 0.05) is 5.56 Å². The van der Waals surface area contributed by atoms with Gasteiger partial charge in [-0.15, -0.1) is 0 Å². The summed E-state index contributed by atoms with van der Waals surface area (Å²) in [6, 6.07) is 12.9. The second-order valence-corrected chi connectivity index (χ2v) is 8.30. The Balaban J connectivity index is 2.05. The van der Waals surface area contributed by atoms with Crippen molar-refractivity contribution in [1.29, 1.82) is 5.26 Å². The van der Waals surface area contributed by atoms with Gasteiger partial charge in [0.15, 0.2) is 9.84 Å². The fourth-order valence-corrected chi connectivity index (χ4v) is 4.00. The summed E-state index contributed by atoms with van der Waals surface area (Å²) in [6.45, 7) is 1.74. The van der Waals surface area contributed by atoms with Crippen LogP contribution < -0.4 is 14.8 Å². The third-order valence-corrected chi connectivity index (χ3v) is 5.58. The number of rotatable bonds is 8. The van der Waals surface area contributed by atoms with Gasteiger partial charge in [0.2, 0.25) is 5.91 Å². The lowest BCUT2D eigenvalue weighted by Crippen LogP contribution is -2.33. The molecule has 2 aromatic carbocycles. The number of nitriles is 1. The van der Waals surface area contributed by atoms with E-state index in [1.165, 1.54) is 14.2 Å². The second-order valence-electron chi connectivity index (χ2n) is 6.24. The van der Waals surface area contributed by atoms with Crippen molar-refractivity contribution in [3.8, 4) is 17.6 Å². The molecule has 1 atom stereocenters. The Kier molecular flexibility index (Phi) is 7.01. The Hall–Kier alpha value is -3.05. The summed E-state index contributed by atoms with van der Waals surface area (Å²) in [5.41, 5.74) is 1.65. The molecule has 0 aliphatic rings. The Bertz CT molecular complexity index is 979. The van der Waals surface area contributed by atoms with Gasteiger partial charge >= 0.3 is 0 Å². The van der Waals surface area contributed by atoms with Gasteiger partial charge in [-0.2, -0.15) is 5.26 Å². The van der Waals surface area contributed by atoms with Gasteiger partial charge in [0.25, 0.3) is 0 Å². The number of nitrogens with one attached hydrogen (secondary N) is 1. The maximum atomic E-state index is 12.3. The third kappa shape index (κ3) is 5.72. The highest BCUT2D eigenvalue weighted by Gasteiger charge is 2.21. The molecule has 8 heteroatoms. The summed E-state index contributed by atoms with van der Waals surface area (Å²) >= 11 is 0. The van der Waals surface area contributed by atoms with Crippen LogP contribution in [0, 0.1) is 11.3 Å².